The molecule has 0 aliphatic carbocycles. The number of methoxy groups -OCH3 is 1. The Morgan fingerprint density at radius 3 is 2.95 bits per heavy atom. The van der Waals surface area contributed by atoms with Crippen molar-refractivity contribution in [3.8, 4) is 0 Å². The van der Waals surface area contributed by atoms with Gasteiger partial charge in [-0.1, -0.05) is 70.1 Å². The molecule has 1 N–H and O–H groups in total. The first-order chi connectivity index (χ1) is 9.69. The highest BCUT2D eigenvalue weighted by Crippen LogP contribution is 2.39. The smallest absolute Gasteiger partial charge is 0.246 e. The first kappa shape index (κ1) is 17.3. The molecule has 20 heavy (non-hydrogen) atoms. The van der Waals surface area contributed by atoms with Gasteiger partial charge in [-0.05, 0) is 0 Å². The minimum Gasteiger partial charge on any atom is -0.375 e. The summed E-state index contributed by atoms with van der Waals surface area (Å²) in [5.74, 6) is 3.91. The molecule has 1 rings (SSSR count). The van der Waals surface area contributed by atoms with Crippen LogP contribution in [0.5, 0.6) is 0 Å². The Hall–Kier alpha value is -0.765. The molecule has 0 spiro atoms. The number of hydrogen-bond donors (Lipinski definition) is 1. The zero-order valence-electron chi connectivity index (χ0n) is 13.4. The van der Waals surface area contributed by atoms with Crippen molar-refractivity contribution in [3.05, 3.63) is 12.1 Å². The Kier molecular flexibility index (Phi) is 8.67. The molecule has 1 aliphatic rings. The molecule has 1 fully saturated rings. The zero-order chi connectivity index (χ0) is 14.8. The van der Waals surface area contributed by atoms with E-state index in [9.17, 15) is 4.79 Å². The van der Waals surface area contributed by atoms with Gasteiger partial charge in [0, 0.05) is 13.7 Å². The van der Waals surface area contributed by atoms with Crippen LogP contribution < -0.4 is 5.32 Å². The maximum Gasteiger partial charge on any atom is 0.246 e. The SMILES string of the molecule is CCCCC1CCCC(C)B1/C=C/CNC(=O)COC. The lowest BCUT2D eigenvalue weighted by atomic mass is 9.30. The third-order valence-corrected chi connectivity index (χ3v) is 4.42. The number of nitrogens with one attached hydrogen (secondary N) is 1. The fourth-order valence-electron chi connectivity index (χ4n) is 3.28. The van der Waals surface area contributed by atoms with E-state index < -0.39 is 0 Å². The molecule has 1 aliphatic heterocycles. The number of carbonyl (C=O) groups is 1. The molecule has 2 atom stereocenters. The van der Waals surface area contributed by atoms with Crippen molar-refractivity contribution in [1.29, 1.82) is 0 Å². The van der Waals surface area contributed by atoms with E-state index in [0.29, 0.717) is 13.3 Å². The molecular formula is C16H30BNO2. The number of carbonyl (C=O) groups excluding carboxylic acids is 1. The van der Waals surface area contributed by atoms with Gasteiger partial charge in [0.2, 0.25) is 5.91 Å². The maximum absolute atomic E-state index is 11.3. The lowest BCUT2D eigenvalue weighted by molar-refractivity contribution is -0.124. The van der Waals surface area contributed by atoms with E-state index in [1.54, 1.807) is 0 Å². The van der Waals surface area contributed by atoms with Gasteiger partial charge in [0.25, 0.3) is 0 Å². The van der Waals surface area contributed by atoms with Crippen LogP contribution in [-0.4, -0.2) is 32.9 Å². The van der Waals surface area contributed by atoms with Crippen molar-refractivity contribution >= 4 is 12.6 Å². The van der Waals surface area contributed by atoms with Gasteiger partial charge in [0.15, 0.2) is 6.71 Å². The molecule has 1 saturated heterocycles. The van der Waals surface area contributed by atoms with Crippen LogP contribution in [0.3, 0.4) is 0 Å². The van der Waals surface area contributed by atoms with Gasteiger partial charge in [-0.25, -0.2) is 0 Å². The van der Waals surface area contributed by atoms with Crippen molar-refractivity contribution in [1.82, 2.24) is 5.32 Å². The average Bonchev–Trinajstić information content (AvgIpc) is 2.43. The van der Waals surface area contributed by atoms with E-state index in [0.717, 1.165) is 11.6 Å². The lowest BCUT2D eigenvalue weighted by Gasteiger charge is -2.32. The molecule has 0 aromatic rings. The normalized spacial score (nSPS) is 23.2. The van der Waals surface area contributed by atoms with Crippen LogP contribution in [0.25, 0.3) is 0 Å². The standard InChI is InChI=1S/C16H30BNO2/c1-4-5-9-15-10-6-8-14(2)17(15)11-7-12-18-16(19)13-20-3/h7,11,14-15H,4-6,8-10,12-13H2,1-3H3,(H,18,19)/b11-7+. The van der Waals surface area contributed by atoms with Crippen LogP contribution in [0.1, 0.15) is 52.4 Å². The van der Waals surface area contributed by atoms with Gasteiger partial charge in [0.1, 0.15) is 6.61 Å². The largest absolute Gasteiger partial charge is 0.375 e. The molecule has 4 heteroatoms. The highest BCUT2D eigenvalue weighted by Gasteiger charge is 2.31. The molecule has 1 heterocycles. The van der Waals surface area contributed by atoms with Crippen LogP contribution in [0.2, 0.25) is 11.6 Å². The van der Waals surface area contributed by atoms with Crippen molar-refractivity contribution in [3.63, 3.8) is 0 Å². The van der Waals surface area contributed by atoms with Gasteiger partial charge < -0.3 is 10.1 Å². The Morgan fingerprint density at radius 2 is 2.25 bits per heavy atom. The fraction of sp³-hybridized carbons (Fsp3) is 0.812. The fourth-order valence-corrected chi connectivity index (χ4v) is 3.28. The van der Waals surface area contributed by atoms with Gasteiger partial charge in [-0.15, -0.1) is 5.98 Å². The summed E-state index contributed by atoms with van der Waals surface area (Å²) in [4.78, 5) is 11.3. The van der Waals surface area contributed by atoms with E-state index in [-0.39, 0.29) is 12.5 Å². The summed E-state index contributed by atoms with van der Waals surface area (Å²) < 4.78 is 4.79. The van der Waals surface area contributed by atoms with E-state index in [1.165, 1.54) is 45.6 Å². The molecule has 0 aromatic heterocycles. The summed E-state index contributed by atoms with van der Waals surface area (Å²) in [6.45, 7) is 6.09. The number of amides is 1. The second-order valence-corrected chi connectivity index (χ2v) is 6.05. The Balaban J connectivity index is 2.41. The van der Waals surface area contributed by atoms with Crippen molar-refractivity contribution in [2.75, 3.05) is 20.3 Å². The van der Waals surface area contributed by atoms with Crippen LogP contribution in [0.4, 0.5) is 0 Å². The number of rotatable bonds is 8. The van der Waals surface area contributed by atoms with Gasteiger partial charge in [0.05, 0.1) is 0 Å². The second kappa shape index (κ2) is 10.0. The summed E-state index contributed by atoms with van der Waals surface area (Å²) in [5.41, 5.74) is 0. The summed E-state index contributed by atoms with van der Waals surface area (Å²) in [5, 5.41) is 2.85. The monoisotopic (exact) mass is 279 g/mol. The third-order valence-electron chi connectivity index (χ3n) is 4.42. The van der Waals surface area contributed by atoms with Gasteiger partial charge >= 0.3 is 0 Å². The van der Waals surface area contributed by atoms with Crippen molar-refractivity contribution in [2.24, 2.45) is 0 Å². The van der Waals surface area contributed by atoms with Crippen LogP contribution in [0, 0.1) is 0 Å². The van der Waals surface area contributed by atoms with Crippen LogP contribution >= 0.6 is 0 Å². The van der Waals surface area contributed by atoms with Crippen LogP contribution in [-0.2, 0) is 9.53 Å². The highest BCUT2D eigenvalue weighted by atomic mass is 16.5. The van der Waals surface area contributed by atoms with Crippen molar-refractivity contribution in [2.45, 2.75) is 64.0 Å². The topological polar surface area (TPSA) is 38.3 Å². The molecular weight excluding hydrogens is 249 g/mol. The molecule has 0 bridgehead atoms. The lowest BCUT2D eigenvalue weighted by Crippen LogP contribution is -2.30. The van der Waals surface area contributed by atoms with Crippen LogP contribution in [0.15, 0.2) is 12.1 Å². The first-order valence-corrected chi connectivity index (χ1v) is 8.11. The number of hydrogen-bond acceptors (Lipinski definition) is 2. The molecule has 0 radical (unpaired) electrons. The minimum atomic E-state index is -0.0450. The predicted octanol–water partition coefficient (Wildman–Crippen LogP) is 3.47. The van der Waals surface area contributed by atoms with E-state index in [1.807, 2.05) is 0 Å². The zero-order valence-corrected chi connectivity index (χ0v) is 13.4. The summed E-state index contributed by atoms with van der Waals surface area (Å²) in [6.07, 6.45) is 10.2. The summed E-state index contributed by atoms with van der Waals surface area (Å²) in [6, 6.07) is 0. The Labute approximate surface area is 124 Å². The minimum absolute atomic E-state index is 0.0450. The molecule has 0 aromatic carbocycles. The number of unbranched alkanes of at least 4 members (excludes halogenated alkanes) is 1. The van der Waals surface area contributed by atoms with Crippen molar-refractivity contribution < 1.29 is 9.53 Å². The molecule has 114 valence electrons. The molecule has 1 amide bonds. The third kappa shape index (κ3) is 6.12. The maximum atomic E-state index is 11.3. The van der Waals surface area contributed by atoms with E-state index >= 15 is 0 Å². The molecule has 3 nitrogen and oxygen atoms in total. The molecule has 0 saturated carbocycles. The number of ether oxygens (including phenoxy) is 1. The summed E-state index contributed by atoms with van der Waals surface area (Å²) >= 11 is 0. The Bertz CT molecular complexity index is 307. The molecule has 2 unspecified atom stereocenters. The van der Waals surface area contributed by atoms with Gasteiger partial charge in [-0.3, -0.25) is 4.79 Å². The predicted molar refractivity (Wildman–Crippen MR) is 86.3 cm³/mol. The second-order valence-electron chi connectivity index (χ2n) is 6.05. The Morgan fingerprint density at radius 1 is 1.45 bits per heavy atom. The first-order valence-electron chi connectivity index (χ1n) is 8.11. The van der Waals surface area contributed by atoms with E-state index in [2.05, 4.69) is 31.2 Å². The highest BCUT2D eigenvalue weighted by molar-refractivity contribution is 6.67. The van der Waals surface area contributed by atoms with E-state index in [4.69, 9.17) is 4.74 Å². The summed E-state index contributed by atoms with van der Waals surface area (Å²) in [7, 11) is 1.54. The average molecular weight is 279 g/mol. The quantitative estimate of drug-likeness (QED) is 0.691. The van der Waals surface area contributed by atoms with Gasteiger partial charge in [-0.2, -0.15) is 0 Å².